The molecule has 0 fully saturated rings. The van der Waals surface area contributed by atoms with Crippen molar-refractivity contribution in [2.45, 2.75) is 10.9 Å². The molecule has 9 heteroatoms. The van der Waals surface area contributed by atoms with E-state index in [-0.39, 0.29) is 5.56 Å². The van der Waals surface area contributed by atoms with E-state index in [9.17, 15) is 9.59 Å². The van der Waals surface area contributed by atoms with E-state index in [4.69, 9.17) is 10.6 Å². The Morgan fingerprint density at radius 1 is 1.21 bits per heavy atom. The van der Waals surface area contributed by atoms with Crippen LogP contribution in [0.4, 0.5) is 0 Å². The summed E-state index contributed by atoms with van der Waals surface area (Å²) in [5.74, 6) is 6.35. The molecule has 4 rings (SSSR count). The number of H-pyrrole nitrogens is 1. The van der Waals surface area contributed by atoms with Gasteiger partial charge in [0.05, 0.1) is 41.2 Å². The highest BCUT2D eigenvalue weighted by Gasteiger charge is 2.12. The Morgan fingerprint density at radius 3 is 2.76 bits per heavy atom. The van der Waals surface area contributed by atoms with Gasteiger partial charge in [0, 0.05) is 5.56 Å². The highest BCUT2D eigenvalue weighted by atomic mass is 32.2. The van der Waals surface area contributed by atoms with Crippen LogP contribution in [0, 0.1) is 0 Å². The van der Waals surface area contributed by atoms with Gasteiger partial charge in [-0.15, -0.1) is 0 Å². The quantitative estimate of drug-likeness (QED) is 0.297. The van der Waals surface area contributed by atoms with Crippen LogP contribution in [0.15, 0.2) is 64.7 Å². The molecule has 4 aromatic rings. The topological polar surface area (TPSA) is 116 Å². The van der Waals surface area contributed by atoms with E-state index in [1.165, 1.54) is 29.6 Å². The van der Waals surface area contributed by atoms with E-state index in [0.717, 1.165) is 11.3 Å². The number of carbonyl (C=O) groups is 1. The number of nitrogens with zero attached hydrogens (tertiary/aromatic N) is 3. The maximum atomic E-state index is 12.4. The van der Waals surface area contributed by atoms with Gasteiger partial charge in [0.1, 0.15) is 5.82 Å². The predicted molar refractivity (Wildman–Crippen MR) is 111 cm³/mol. The first-order valence-electron chi connectivity index (χ1n) is 8.69. The van der Waals surface area contributed by atoms with Crippen molar-refractivity contribution in [2.75, 3.05) is 13.0 Å². The molecule has 3 N–H and O–H groups in total. The fourth-order valence-electron chi connectivity index (χ4n) is 2.87. The minimum Gasteiger partial charge on any atom is -0.465 e. The van der Waals surface area contributed by atoms with Gasteiger partial charge in [0.2, 0.25) is 0 Å². The third kappa shape index (κ3) is 3.85. The van der Waals surface area contributed by atoms with Crippen LogP contribution >= 0.6 is 11.8 Å². The fourth-order valence-corrected chi connectivity index (χ4v) is 3.63. The van der Waals surface area contributed by atoms with Crippen molar-refractivity contribution in [3.05, 3.63) is 76.5 Å². The minimum absolute atomic E-state index is 0.275. The average molecular weight is 407 g/mol. The van der Waals surface area contributed by atoms with Gasteiger partial charge in [-0.05, 0) is 18.2 Å². The number of ether oxygens (including phenoxy) is 1. The molecule has 0 radical (unpaired) electrons. The van der Waals surface area contributed by atoms with E-state index < -0.39 is 5.97 Å². The number of benzene rings is 2. The highest BCUT2D eigenvalue weighted by molar-refractivity contribution is 7.98. The number of nitrogen functional groups attached to an aromatic ring is 1. The van der Waals surface area contributed by atoms with Crippen LogP contribution in [0.3, 0.4) is 0 Å². The van der Waals surface area contributed by atoms with E-state index in [2.05, 4.69) is 15.0 Å². The molecule has 0 saturated heterocycles. The summed E-state index contributed by atoms with van der Waals surface area (Å²) in [5.41, 5.74) is 2.21. The summed E-state index contributed by atoms with van der Waals surface area (Å²) < 4.78 is 6.17. The van der Waals surface area contributed by atoms with Gasteiger partial charge in [0.15, 0.2) is 5.16 Å². The molecule has 0 amide bonds. The Hall–Kier alpha value is -3.59. The summed E-state index contributed by atoms with van der Waals surface area (Å²) in [6.45, 7) is 0. The fraction of sp³-hybridized carbons (Fsp3) is 0.100. The Labute approximate surface area is 169 Å². The molecule has 29 heavy (non-hydrogen) atoms. The van der Waals surface area contributed by atoms with Crippen LogP contribution in [0.5, 0.6) is 0 Å². The average Bonchev–Trinajstić information content (AvgIpc) is 3.12. The molecule has 0 saturated carbocycles. The second-order valence-corrected chi connectivity index (χ2v) is 7.15. The second-order valence-electron chi connectivity index (χ2n) is 6.21. The predicted octanol–water partition coefficient (Wildman–Crippen LogP) is 2.58. The molecular weight excluding hydrogens is 390 g/mol. The highest BCUT2D eigenvalue weighted by Crippen LogP contribution is 2.24. The molecule has 2 aromatic heterocycles. The van der Waals surface area contributed by atoms with Crippen molar-refractivity contribution in [3.63, 3.8) is 0 Å². The zero-order valence-corrected chi connectivity index (χ0v) is 16.3. The molecule has 0 unspecified atom stereocenters. The van der Waals surface area contributed by atoms with E-state index in [1.807, 2.05) is 30.3 Å². The zero-order chi connectivity index (χ0) is 20.4. The SMILES string of the molecule is COC(=O)c1ccc2c(=O)[nH]c(CSc3nc(-c4ccccc4)cn3N)nc2c1. The van der Waals surface area contributed by atoms with Crippen molar-refractivity contribution in [3.8, 4) is 11.3 Å². The number of fused-ring (bicyclic) bond motifs is 1. The lowest BCUT2D eigenvalue weighted by Gasteiger charge is -2.05. The number of rotatable bonds is 5. The number of thioether (sulfide) groups is 1. The summed E-state index contributed by atoms with van der Waals surface area (Å²) in [6.07, 6.45) is 1.75. The number of hydrogen-bond donors (Lipinski definition) is 2. The van der Waals surface area contributed by atoms with Crippen molar-refractivity contribution in [2.24, 2.45) is 0 Å². The summed E-state index contributed by atoms with van der Waals surface area (Å²) in [5, 5.41) is 0.994. The normalized spacial score (nSPS) is 10.9. The first-order valence-corrected chi connectivity index (χ1v) is 9.67. The molecule has 146 valence electrons. The van der Waals surface area contributed by atoms with Gasteiger partial charge in [-0.3, -0.25) is 4.79 Å². The molecule has 0 aliphatic heterocycles. The van der Waals surface area contributed by atoms with Crippen LogP contribution in [-0.2, 0) is 10.5 Å². The van der Waals surface area contributed by atoms with Gasteiger partial charge in [-0.2, -0.15) is 0 Å². The molecule has 2 aromatic carbocycles. The van der Waals surface area contributed by atoms with E-state index in [0.29, 0.717) is 33.2 Å². The summed E-state index contributed by atoms with van der Waals surface area (Å²) in [4.78, 5) is 35.8. The van der Waals surface area contributed by atoms with Crippen molar-refractivity contribution in [1.82, 2.24) is 19.6 Å². The maximum absolute atomic E-state index is 12.4. The number of hydrogen-bond acceptors (Lipinski definition) is 7. The molecule has 0 aliphatic rings. The molecule has 8 nitrogen and oxygen atoms in total. The van der Waals surface area contributed by atoms with Crippen LogP contribution < -0.4 is 11.4 Å². The first kappa shape index (κ1) is 18.8. The van der Waals surface area contributed by atoms with Gasteiger partial charge in [-0.25, -0.2) is 19.4 Å². The molecule has 0 aliphatic carbocycles. The Bertz CT molecular complexity index is 1250. The number of aromatic nitrogens is 4. The lowest BCUT2D eigenvalue weighted by atomic mass is 10.1. The number of methoxy groups -OCH3 is 1. The van der Waals surface area contributed by atoms with Gasteiger partial charge in [0.25, 0.3) is 5.56 Å². The standard InChI is InChI=1S/C20H17N5O3S/c1-28-19(27)13-7-8-14-15(9-13)22-17(24-18(14)26)11-29-20-23-16(10-25(20)21)12-5-3-2-4-6-12/h2-10H,11,21H2,1H3,(H,22,24,26). The zero-order valence-electron chi connectivity index (χ0n) is 15.5. The Balaban J connectivity index is 1.59. The number of esters is 1. The number of nitrogens with two attached hydrogens (primary N) is 1. The number of imidazole rings is 1. The monoisotopic (exact) mass is 407 g/mol. The van der Waals surface area contributed by atoms with Crippen molar-refractivity contribution in [1.29, 1.82) is 0 Å². The minimum atomic E-state index is -0.483. The third-order valence-electron chi connectivity index (χ3n) is 4.28. The van der Waals surface area contributed by atoms with Gasteiger partial charge in [-0.1, -0.05) is 42.1 Å². The van der Waals surface area contributed by atoms with Crippen LogP contribution in [0.25, 0.3) is 22.2 Å². The van der Waals surface area contributed by atoms with Gasteiger partial charge < -0.3 is 15.6 Å². The number of aromatic amines is 1. The van der Waals surface area contributed by atoms with Crippen LogP contribution in [0.1, 0.15) is 16.2 Å². The molecule has 0 spiro atoms. The molecule has 2 heterocycles. The maximum Gasteiger partial charge on any atom is 0.337 e. The lowest BCUT2D eigenvalue weighted by molar-refractivity contribution is 0.0601. The van der Waals surface area contributed by atoms with E-state index in [1.54, 1.807) is 18.3 Å². The summed E-state index contributed by atoms with van der Waals surface area (Å²) in [7, 11) is 1.30. The first-order chi connectivity index (χ1) is 14.0. The van der Waals surface area contributed by atoms with Crippen LogP contribution in [-0.4, -0.2) is 32.7 Å². The van der Waals surface area contributed by atoms with E-state index >= 15 is 0 Å². The van der Waals surface area contributed by atoms with Crippen molar-refractivity contribution >= 4 is 28.6 Å². The van der Waals surface area contributed by atoms with Gasteiger partial charge >= 0.3 is 5.97 Å². The third-order valence-corrected chi connectivity index (χ3v) is 5.26. The van der Waals surface area contributed by atoms with Crippen LogP contribution in [0.2, 0.25) is 0 Å². The lowest BCUT2D eigenvalue weighted by Crippen LogP contribution is -2.13. The summed E-state index contributed by atoms with van der Waals surface area (Å²) in [6, 6.07) is 14.4. The number of nitrogens with one attached hydrogen (secondary N) is 1. The Morgan fingerprint density at radius 2 is 2.00 bits per heavy atom. The smallest absolute Gasteiger partial charge is 0.337 e. The summed E-state index contributed by atoms with van der Waals surface area (Å²) >= 11 is 1.35. The largest absolute Gasteiger partial charge is 0.465 e. The number of carbonyl (C=O) groups excluding carboxylic acids is 1. The second kappa shape index (κ2) is 7.80. The Kier molecular flexibility index (Phi) is 5.05. The molecule has 0 bridgehead atoms. The molecular formula is C20H17N5O3S. The van der Waals surface area contributed by atoms with Crippen molar-refractivity contribution < 1.29 is 9.53 Å². The molecule has 0 atom stereocenters.